The Kier molecular flexibility index (Phi) is 4.44. The fourth-order valence-electron chi connectivity index (χ4n) is 5.61. The Hall–Kier alpha value is -2.04. The van der Waals surface area contributed by atoms with Gasteiger partial charge in [0.1, 0.15) is 0 Å². The molecule has 27 heavy (non-hydrogen) atoms. The van der Waals surface area contributed by atoms with E-state index in [-0.39, 0.29) is 35.4 Å². The second-order valence-electron chi connectivity index (χ2n) is 9.32. The van der Waals surface area contributed by atoms with E-state index in [4.69, 9.17) is 0 Å². The standard InChI is InChI=1S/C22H31N3O2/c1-21(2)17-8-10-22(21,3)18(12-17)24-20(27)23-13-19(26)25-11-9-15-6-4-5-7-16(15)14-25/h4-7,17-18H,8-14H2,1-3H3,(H2,23,24,27). The minimum absolute atomic E-state index is 0.0147. The van der Waals surface area contributed by atoms with Gasteiger partial charge in [0.05, 0.1) is 6.54 Å². The zero-order chi connectivity index (χ0) is 19.2. The molecule has 4 rings (SSSR count). The molecule has 146 valence electrons. The summed E-state index contributed by atoms with van der Waals surface area (Å²) in [5, 5.41) is 5.95. The van der Waals surface area contributed by atoms with Gasteiger partial charge >= 0.3 is 6.03 Å². The number of rotatable bonds is 3. The van der Waals surface area contributed by atoms with Gasteiger partial charge in [-0.25, -0.2) is 4.79 Å². The quantitative estimate of drug-likeness (QED) is 0.860. The predicted octanol–water partition coefficient (Wildman–Crippen LogP) is 3.09. The second-order valence-corrected chi connectivity index (χ2v) is 9.32. The van der Waals surface area contributed by atoms with Gasteiger partial charge in [-0.2, -0.15) is 0 Å². The Morgan fingerprint density at radius 1 is 1.19 bits per heavy atom. The molecule has 3 atom stereocenters. The Bertz CT molecular complexity index is 760. The van der Waals surface area contributed by atoms with Crippen molar-refractivity contribution < 1.29 is 9.59 Å². The van der Waals surface area contributed by atoms with Gasteiger partial charge in [-0.1, -0.05) is 45.0 Å². The third-order valence-corrected chi connectivity index (χ3v) is 7.98. The highest BCUT2D eigenvalue weighted by Crippen LogP contribution is 2.65. The molecule has 5 heteroatoms. The van der Waals surface area contributed by atoms with Crippen LogP contribution in [-0.2, 0) is 17.8 Å². The van der Waals surface area contributed by atoms with E-state index in [2.05, 4.69) is 43.5 Å². The van der Waals surface area contributed by atoms with Crippen molar-refractivity contribution in [1.29, 1.82) is 0 Å². The number of hydrogen-bond acceptors (Lipinski definition) is 2. The Morgan fingerprint density at radius 3 is 2.59 bits per heavy atom. The molecule has 2 fully saturated rings. The van der Waals surface area contributed by atoms with Crippen molar-refractivity contribution in [2.24, 2.45) is 16.7 Å². The third kappa shape index (κ3) is 3.01. The summed E-state index contributed by atoms with van der Waals surface area (Å²) in [5.74, 6) is 0.669. The van der Waals surface area contributed by atoms with Gasteiger partial charge < -0.3 is 15.5 Å². The molecule has 3 unspecified atom stereocenters. The SMILES string of the molecule is CC1(C)C2CCC1(C)C(NC(=O)NCC(=O)N1CCc3ccccc3C1)C2. The van der Waals surface area contributed by atoms with E-state index in [0.717, 1.165) is 19.4 Å². The van der Waals surface area contributed by atoms with E-state index in [1.165, 1.54) is 24.0 Å². The monoisotopic (exact) mass is 369 g/mol. The highest BCUT2D eigenvalue weighted by Gasteiger charge is 2.61. The predicted molar refractivity (Wildman–Crippen MR) is 105 cm³/mol. The van der Waals surface area contributed by atoms with Crippen LogP contribution >= 0.6 is 0 Å². The average Bonchev–Trinajstić information content (AvgIpc) is 2.99. The zero-order valence-corrected chi connectivity index (χ0v) is 16.7. The molecule has 1 aromatic carbocycles. The minimum atomic E-state index is -0.213. The zero-order valence-electron chi connectivity index (χ0n) is 16.7. The molecule has 3 aliphatic rings. The largest absolute Gasteiger partial charge is 0.336 e. The number of fused-ring (bicyclic) bond motifs is 3. The smallest absolute Gasteiger partial charge is 0.315 e. The molecule has 2 saturated carbocycles. The van der Waals surface area contributed by atoms with Crippen LogP contribution in [0.1, 0.15) is 51.2 Å². The normalized spacial score (nSPS) is 30.7. The molecule has 2 aliphatic carbocycles. The number of urea groups is 1. The fraction of sp³-hybridized carbons (Fsp3) is 0.636. The molecule has 2 bridgehead atoms. The first-order valence-corrected chi connectivity index (χ1v) is 10.2. The average molecular weight is 370 g/mol. The highest BCUT2D eigenvalue weighted by molar-refractivity contribution is 5.84. The maximum atomic E-state index is 12.5. The van der Waals surface area contributed by atoms with Crippen LogP contribution in [0.25, 0.3) is 0 Å². The van der Waals surface area contributed by atoms with Gasteiger partial charge in [-0.15, -0.1) is 0 Å². The lowest BCUT2D eigenvalue weighted by Crippen LogP contribution is -2.52. The minimum Gasteiger partial charge on any atom is -0.336 e. The van der Waals surface area contributed by atoms with Crippen molar-refractivity contribution in [1.82, 2.24) is 15.5 Å². The number of nitrogens with zero attached hydrogens (tertiary/aromatic N) is 1. The van der Waals surface area contributed by atoms with Crippen LogP contribution < -0.4 is 10.6 Å². The summed E-state index contributed by atoms with van der Waals surface area (Å²) >= 11 is 0. The number of amides is 3. The first kappa shape index (κ1) is 18.3. The lowest BCUT2D eigenvalue weighted by Gasteiger charge is -2.39. The third-order valence-electron chi connectivity index (χ3n) is 7.98. The summed E-state index contributed by atoms with van der Waals surface area (Å²) in [4.78, 5) is 26.8. The molecular weight excluding hydrogens is 338 g/mol. The van der Waals surface area contributed by atoms with Gasteiger partial charge in [0.25, 0.3) is 0 Å². The molecule has 0 spiro atoms. The molecular formula is C22H31N3O2. The van der Waals surface area contributed by atoms with Crippen LogP contribution in [0.4, 0.5) is 4.79 Å². The number of carbonyl (C=O) groups is 2. The summed E-state index contributed by atoms with van der Waals surface area (Å²) in [7, 11) is 0. The fourth-order valence-corrected chi connectivity index (χ4v) is 5.61. The summed E-state index contributed by atoms with van der Waals surface area (Å²) in [6, 6.07) is 8.24. The highest BCUT2D eigenvalue weighted by atomic mass is 16.2. The van der Waals surface area contributed by atoms with Gasteiger partial charge in [0, 0.05) is 19.1 Å². The van der Waals surface area contributed by atoms with Crippen molar-refractivity contribution in [3.05, 3.63) is 35.4 Å². The molecule has 3 amide bonds. The molecule has 1 aliphatic heterocycles. The lowest BCUT2D eigenvalue weighted by molar-refractivity contribution is -0.131. The van der Waals surface area contributed by atoms with Crippen molar-refractivity contribution in [3.8, 4) is 0 Å². The molecule has 0 radical (unpaired) electrons. The van der Waals surface area contributed by atoms with Crippen LogP contribution in [0.3, 0.4) is 0 Å². The van der Waals surface area contributed by atoms with Gasteiger partial charge in [0.15, 0.2) is 0 Å². The Labute approximate surface area is 161 Å². The molecule has 5 nitrogen and oxygen atoms in total. The van der Waals surface area contributed by atoms with Gasteiger partial charge in [-0.3, -0.25) is 4.79 Å². The molecule has 1 heterocycles. The van der Waals surface area contributed by atoms with E-state index in [1.807, 2.05) is 17.0 Å². The summed E-state index contributed by atoms with van der Waals surface area (Å²) in [6.07, 6.45) is 4.36. The summed E-state index contributed by atoms with van der Waals surface area (Å²) < 4.78 is 0. The van der Waals surface area contributed by atoms with Crippen LogP contribution in [-0.4, -0.2) is 36.0 Å². The number of benzene rings is 1. The second kappa shape index (κ2) is 6.54. The molecule has 0 saturated heterocycles. The summed E-state index contributed by atoms with van der Waals surface area (Å²) in [5.41, 5.74) is 2.94. The van der Waals surface area contributed by atoms with Crippen molar-refractivity contribution in [3.63, 3.8) is 0 Å². The first-order valence-electron chi connectivity index (χ1n) is 10.2. The van der Waals surface area contributed by atoms with E-state index < -0.39 is 0 Å². The van der Waals surface area contributed by atoms with Crippen LogP contribution in [0.2, 0.25) is 0 Å². The van der Waals surface area contributed by atoms with E-state index in [0.29, 0.717) is 12.5 Å². The van der Waals surface area contributed by atoms with Crippen LogP contribution in [0.15, 0.2) is 24.3 Å². The van der Waals surface area contributed by atoms with Gasteiger partial charge in [-0.05, 0) is 53.6 Å². The van der Waals surface area contributed by atoms with Crippen molar-refractivity contribution in [2.45, 2.75) is 59.0 Å². The maximum Gasteiger partial charge on any atom is 0.315 e. The van der Waals surface area contributed by atoms with Crippen LogP contribution in [0.5, 0.6) is 0 Å². The number of nitrogens with one attached hydrogen (secondary N) is 2. The van der Waals surface area contributed by atoms with Gasteiger partial charge in [0.2, 0.25) is 5.91 Å². The van der Waals surface area contributed by atoms with E-state index in [1.54, 1.807) is 0 Å². The topological polar surface area (TPSA) is 61.4 Å². The Morgan fingerprint density at radius 2 is 1.93 bits per heavy atom. The molecule has 0 aromatic heterocycles. The first-order chi connectivity index (χ1) is 12.8. The van der Waals surface area contributed by atoms with Crippen LogP contribution in [0, 0.1) is 16.7 Å². The number of carbonyl (C=O) groups excluding carboxylic acids is 2. The maximum absolute atomic E-state index is 12.5. The van der Waals surface area contributed by atoms with Crippen molar-refractivity contribution >= 4 is 11.9 Å². The Balaban J connectivity index is 1.28. The number of hydrogen-bond donors (Lipinski definition) is 2. The lowest BCUT2D eigenvalue weighted by atomic mass is 9.69. The van der Waals surface area contributed by atoms with E-state index >= 15 is 0 Å². The molecule has 2 N–H and O–H groups in total. The van der Waals surface area contributed by atoms with Crippen molar-refractivity contribution in [2.75, 3.05) is 13.1 Å². The summed E-state index contributed by atoms with van der Waals surface area (Å²) in [6.45, 7) is 8.39. The van der Waals surface area contributed by atoms with E-state index in [9.17, 15) is 9.59 Å². The molecule has 1 aromatic rings.